The first-order chi connectivity index (χ1) is 17.5. The van der Waals surface area contributed by atoms with E-state index in [2.05, 4.69) is 45.5 Å². The Labute approximate surface area is 214 Å². The summed E-state index contributed by atoms with van der Waals surface area (Å²) in [7, 11) is 0. The second-order valence-electron chi connectivity index (χ2n) is 9.12. The van der Waals surface area contributed by atoms with Crippen LogP contribution in [0.2, 0.25) is 0 Å². The van der Waals surface area contributed by atoms with Crippen molar-refractivity contribution in [2.45, 2.75) is 48.6 Å². The highest BCUT2D eigenvalue weighted by atomic mass is 32.2. The number of piperidine rings is 1. The van der Waals surface area contributed by atoms with Gasteiger partial charge >= 0.3 is 0 Å². The van der Waals surface area contributed by atoms with Gasteiger partial charge in [0.2, 0.25) is 5.69 Å². The Morgan fingerprint density at radius 3 is 2.72 bits per heavy atom. The summed E-state index contributed by atoms with van der Waals surface area (Å²) in [5.41, 5.74) is 4.90. The summed E-state index contributed by atoms with van der Waals surface area (Å²) in [5, 5.41) is 28.4. The van der Waals surface area contributed by atoms with Gasteiger partial charge in [-0.3, -0.25) is 9.58 Å². The van der Waals surface area contributed by atoms with Crippen LogP contribution in [0.25, 0.3) is 21.5 Å². The molecule has 0 spiro atoms. The first-order valence-corrected chi connectivity index (χ1v) is 12.8. The molecule has 1 saturated heterocycles. The van der Waals surface area contributed by atoms with Gasteiger partial charge in [0, 0.05) is 51.9 Å². The fourth-order valence-corrected chi connectivity index (χ4v) is 5.99. The Kier molecular flexibility index (Phi) is 6.80. The van der Waals surface area contributed by atoms with E-state index < -0.39 is 0 Å². The number of nitrogens with zero attached hydrogens (tertiary/aromatic N) is 7. The second kappa shape index (κ2) is 10.2. The molecule has 0 radical (unpaired) electrons. The summed E-state index contributed by atoms with van der Waals surface area (Å²) < 4.78 is 3.88. The largest absolute Gasteiger partial charge is 0.395 e. The van der Waals surface area contributed by atoms with Crippen molar-refractivity contribution in [1.82, 2.24) is 24.3 Å². The third kappa shape index (κ3) is 4.38. The van der Waals surface area contributed by atoms with Crippen LogP contribution in [0.1, 0.15) is 37.1 Å². The smallest absolute Gasteiger partial charge is 0.200 e. The van der Waals surface area contributed by atoms with Crippen LogP contribution in [0, 0.1) is 24.8 Å². The zero-order chi connectivity index (χ0) is 25.2. The third-order valence-corrected chi connectivity index (χ3v) is 8.09. The van der Waals surface area contributed by atoms with Crippen LogP contribution in [-0.4, -0.2) is 55.1 Å². The predicted molar refractivity (Wildman–Crippen MR) is 139 cm³/mol. The van der Waals surface area contributed by atoms with E-state index in [9.17, 15) is 10.4 Å². The molecule has 1 atom stereocenters. The van der Waals surface area contributed by atoms with Gasteiger partial charge in [-0.05, 0) is 32.8 Å². The zero-order valence-electron chi connectivity index (χ0n) is 20.3. The lowest BCUT2D eigenvalue weighted by molar-refractivity contribution is 0.0954. The van der Waals surface area contributed by atoms with E-state index in [4.69, 9.17) is 11.7 Å². The van der Waals surface area contributed by atoms with E-state index in [0.717, 1.165) is 58.1 Å². The number of nitriles is 1. The van der Waals surface area contributed by atoms with Crippen LogP contribution < -0.4 is 0 Å². The van der Waals surface area contributed by atoms with Crippen molar-refractivity contribution < 1.29 is 5.11 Å². The number of aliphatic hydroxyl groups excluding tert-OH is 1. The molecule has 8 nitrogen and oxygen atoms in total. The summed E-state index contributed by atoms with van der Waals surface area (Å²) in [6.45, 7) is 13.8. The van der Waals surface area contributed by atoms with Gasteiger partial charge in [0.05, 0.1) is 42.7 Å². The van der Waals surface area contributed by atoms with Gasteiger partial charge < -0.3 is 5.11 Å². The molecule has 1 fully saturated rings. The van der Waals surface area contributed by atoms with Crippen LogP contribution in [-0.2, 0) is 0 Å². The maximum absolute atomic E-state index is 9.67. The number of benzene rings is 1. The molecular weight excluding hydrogens is 470 g/mol. The molecule has 1 N–H and O–H groups in total. The Bertz CT molecular complexity index is 1480. The van der Waals surface area contributed by atoms with Crippen LogP contribution in [0.5, 0.6) is 0 Å². The van der Waals surface area contributed by atoms with Gasteiger partial charge in [0.15, 0.2) is 0 Å². The number of aromatic nitrogens is 4. The number of rotatable bonds is 6. The molecule has 0 saturated carbocycles. The lowest BCUT2D eigenvalue weighted by Crippen LogP contribution is -2.42. The van der Waals surface area contributed by atoms with Gasteiger partial charge in [-0.2, -0.15) is 15.5 Å². The van der Waals surface area contributed by atoms with Gasteiger partial charge in [0.25, 0.3) is 0 Å². The SMILES string of the molecule is [C-]#[N+]c1ccccc1Sc1cc(-c2cnn(C3CCN([C@@H](C)CO)CC3)c2C)cn2ncc(C#N)c12. The van der Waals surface area contributed by atoms with E-state index in [-0.39, 0.29) is 12.6 Å². The summed E-state index contributed by atoms with van der Waals surface area (Å²) in [4.78, 5) is 7.70. The number of aliphatic hydroxyl groups is 1. The molecule has 0 bridgehead atoms. The minimum absolute atomic E-state index is 0.180. The third-order valence-electron chi connectivity index (χ3n) is 6.99. The first kappa shape index (κ1) is 24.1. The van der Waals surface area contributed by atoms with E-state index in [1.54, 1.807) is 16.8 Å². The molecule has 3 aromatic heterocycles. The molecule has 182 valence electrons. The van der Waals surface area contributed by atoms with Gasteiger partial charge in [-0.1, -0.05) is 36.0 Å². The highest BCUT2D eigenvalue weighted by Crippen LogP contribution is 2.40. The molecule has 1 aromatic carbocycles. The molecule has 1 aliphatic rings. The van der Waals surface area contributed by atoms with Crippen molar-refractivity contribution in [3.63, 3.8) is 0 Å². The number of hydrogen-bond acceptors (Lipinski definition) is 6. The normalized spacial score (nSPS) is 15.6. The summed E-state index contributed by atoms with van der Waals surface area (Å²) >= 11 is 1.48. The summed E-state index contributed by atoms with van der Waals surface area (Å²) in [6, 6.07) is 12.3. The molecule has 0 amide bonds. The second-order valence-corrected chi connectivity index (χ2v) is 10.2. The standard InChI is InChI=1S/C27H27N7OS/c1-18(17-35)32-10-8-22(9-11-32)34-19(2)23(15-31-34)20-12-26(27-21(13-28)14-30-33(27)16-20)36-25-7-5-4-6-24(25)29-3/h4-7,12,14-16,18,22,35H,8-11,17H2,1-2H3/t18-/m0/s1. The number of hydrogen-bond donors (Lipinski definition) is 1. The molecule has 4 aromatic rings. The van der Waals surface area contributed by atoms with Crippen molar-refractivity contribution >= 4 is 23.0 Å². The van der Waals surface area contributed by atoms with Crippen molar-refractivity contribution in [3.05, 3.63) is 71.6 Å². The molecular formula is C27H27N7OS. The molecule has 36 heavy (non-hydrogen) atoms. The van der Waals surface area contributed by atoms with E-state index in [0.29, 0.717) is 17.3 Å². The van der Waals surface area contributed by atoms with Gasteiger partial charge in [0.1, 0.15) is 6.07 Å². The molecule has 4 heterocycles. The van der Waals surface area contributed by atoms with Crippen molar-refractivity contribution in [1.29, 1.82) is 5.26 Å². The monoisotopic (exact) mass is 497 g/mol. The molecule has 9 heteroatoms. The Morgan fingerprint density at radius 1 is 1.22 bits per heavy atom. The van der Waals surface area contributed by atoms with Crippen molar-refractivity contribution in [2.75, 3.05) is 19.7 Å². The average Bonchev–Trinajstić information content (AvgIpc) is 3.51. The van der Waals surface area contributed by atoms with Crippen LogP contribution in [0.3, 0.4) is 0 Å². The Balaban J connectivity index is 1.51. The van der Waals surface area contributed by atoms with Crippen molar-refractivity contribution in [3.8, 4) is 17.2 Å². The molecule has 0 unspecified atom stereocenters. The van der Waals surface area contributed by atoms with Gasteiger partial charge in [-0.15, -0.1) is 0 Å². The highest BCUT2D eigenvalue weighted by Gasteiger charge is 2.26. The summed E-state index contributed by atoms with van der Waals surface area (Å²) in [6.07, 6.45) is 7.42. The molecule has 5 rings (SSSR count). The van der Waals surface area contributed by atoms with Crippen molar-refractivity contribution in [2.24, 2.45) is 0 Å². The predicted octanol–water partition coefficient (Wildman–Crippen LogP) is 5.10. The fraction of sp³-hybridized carbons (Fsp3) is 0.333. The van der Waals surface area contributed by atoms with Crippen LogP contribution >= 0.6 is 11.8 Å². The van der Waals surface area contributed by atoms with Gasteiger partial charge in [-0.25, -0.2) is 9.36 Å². The highest BCUT2D eigenvalue weighted by molar-refractivity contribution is 7.99. The molecule has 0 aliphatic carbocycles. The average molecular weight is 498 g/mol. The fourth-order valence-electron chi connectivity index (χ4n) is 4.91. The number of likely N-dealkylation sites (tertiary alicyclic amines) is 1. The first-order valence-electron chi connectivity index (χ1n) is 12.0. The number of fused-ring (bicyclic) bond motifs is 1. The lowest BCUT2D eigenvalue weighted by Gasteiger charge is -2.35. The maximum atomic E-state index is 9.67. The lowest BCUT2D eigenvalue weighted by atomic mass is 10.0. The van der Waals surface area contributed by atoms with E-state index >= 15 is 0 Å². The minimum atomic E-state index is 0.180. The van der Waals surface area contributed by atoms with E-state index in [1.807, 2.05) is 30.6 Å². The number of pyridine rings is 1. The zero-order valence-corrected chi connectivity index (χ0v) is 21.1. The quantitative estimate of drug-likeness (QED) is 0.373. The Morgan fingerprint density at radius 2 is 2.00 bits per heavy atom. The van der Waals surface area contributed by atoms with E-state index in [1.165, 1.54) is 11.8 Å². The summed E-state index contributed by atoms with van der Waals surface area (Å²) in [5.74, 6) is 0. The number of para-hydroxylation sites is 1. The maximum Gasteiger partial charge on any atom is 0.200 e. The minimum Gasteiger partial charge on any atom is -0.395 e. The van der Waals surface area contributed by atoms with Crippen LogP contribution in [0.4, 0.5) is 5.69 Å². The topological polar surface area (TPSA) is 86.7 Å². The Hall–Kier alpha value is -3.63. The van der Waals surface area contributed by atoms with Crippen LogP contribution in [0.15, 0.2) is 58.7 Å². The molecule has 1 aliphatic heterocycles.